The molecule has 0 aliphatic rings. The average Bonchev–Trinajstić information content (AvgIpc) is 2.84. The van der Waals surface area contributed by atoms with Gasteiger partial charge in [0.1, 0.15) is 12.6 Å². The Bertz CT molecular complexity index is 482. The van der Waals surface area contributed by atoms with Gasteiger partial charge in [0.25, 0.3) is 0 Å². The predicted molar refractivity (Wildman–Crippen MR) is 86.4 cm³/mol. The van der Waals surface area contributed by atoms with Gasteiger partial charge in [0, 0.05) is 24.1 Å². The number of rotatable bonds is 10. The Hall–Kier alpha value is -1.52. The van der Waals surface area contributed by atoms with Gasteiger partial charge in [0.15, 0.2) is 0 Å². The SMILES string of the molecule is CC(C=O)CC(C)Cn1cc(CC(C)CC(C)(C)C=O)nn1. The van der Waals surface area contributed by atoms with Gasteiger partial charge in [-0.1, -0.05) is 39.8 Å². The molecule has 124 valence electrons. The summed E-state index contributed by atoms with van der Waals surface area (Å²) in [5.41, 5.74) is 0.680. The van der Waals surface area contributed by atoms with Gasteiger partial charge in [-0.05, 0) is 31.1 Å². The quantitative estimate of drug-likeness (QED) is 0.623. The fourth-order valence-corrected chi connectivity index (χ4v) is 2.98. The average molecular weight is 307 g/mol. The minimum absolute atomic E-state index is 0.0867. The van der Waals surface area contributed by atoms with Crippen molar-refractivity contribution >= 4 is 12.6 Å². The number of hydrogen-bond donors (Lipinski definition) is 0. The van der Waals surface area contributed by atoms with Crippen molar-refractivity contribution in [3.63, 3.8) is 0 Å². The van der Waals surface area contributed by atoms with Gasteiger partial charge in [-0.2, -0.15) is 0 Å². The van der Waals surface area contributed by atoms with E-state index in [0.29, 0.717) is 11.8 Å². The van der Waals surface area contributed by atoms with Gasteiger partial charge < -0.3 is 9.59 Å². The first-order valence-electron chi connectivity index (χ1n) is 8.06. The van der Waals surface area contributed by atoms with Gasteiger partial charge in [-0.3, -0.25) is 4.68 Å². The molecule has 1 aromatic heterocycles. The molecule has 1 rings (SSSR count). The van der Waals surface area contributed by atoms with Crippen LogP contribution in [0.25, 0.3) is 0 Å². The van der Waals surface area contributed by atoms with Gasteiger partial charge in [-0.15, -0.1) is 5.10 Å². The second-order valence-corrected chi connectivity index (χ2v) is 7.51. The summed E-state index contributed by atoms with van der Waals surface area (Å²) in [7, 11) is 0. The van der Waals surface area contributed by atoms with Crippen molar-refractivity contribution in [1.82, 2.24) is 15.0 Å². The highest BCUT2D eigenvalue weighted by Gasteiger charge is 2.21. The molecule has 0 fully saturated rings. The lowest BCUT2D eigenvalue weighted by Crippen LogP contribution is -2.18. The Balaban J connectivity index is 2.50. The molecule has 3 atom stereocenters. The van der Waals surface area contributed by atoms with Crippen LogP contribution in [0, 0.1) is 23.2 Å². The molecule has 3 unspecified atom stereocenters. The molecule has 0 saturated carbocycles. The molecule has 0 aromatic carbocycles. The smallest absolute Gasteiger partial charge is 0.125 e. The van der Waals surface area contributed by atoms with Crippen LogP contribution in [0.1, 0.15) is 53.2 Å². The van der Waals surface area contributed by atoms with Gasteiger partial charge >= 0.3 is 0 Å². The zero-order valence-electron chi connectivity index (χ0n) is 14.5. The minimum atomic E-state index is -0.283. The summed E-state index contributed by atoms with van der Waals surface area (Å²) < 4.78 is 1.86. The second kappa shape index (κ2) is 8.20. The summed E-state index contributed by atoms with van der Waals surface area (Å²) in [5, 5.41) is 8.39. The highest BCUT2D eigenvalue weighted by atomic mass is 16.1. The molecule has 5 heteroatoms. The van der Waals surface area contributed by atoms with E-state index in [-0.39, 0.29) is 11.3 Å². The summed E-state index contributed by atoms with van der Waals surface area (Å²) in [6.07, 6.45) is 6.54. The van der Waals surface area contributed by atoms with Gasteiger partial charge in [0.05, 0.1) is 5.69 Å². The van der Waals surface area contributed by atoms with E-state index in [0.717, 1.165) is 44.1 Å². The van der Waals surface area contributed by atoms with Crippen molar-refractivity contribution in [3.8, 4) is 0 Å². The lowest BCUT2D eigenvalue weighted by Gasteiger charge is -2.20. The Kier molecular flexibility index (Phi) is 6.91. The van der Waals surface area contributed by atoms with E-state index in [9.17, 15) is 9.59 Å². The molecule has 0 N–H and O–H groups in total. The van der Waals surface area contributed by atoms with Crippen LogP contribution in [-0.2, 0) is 22.6 Å². The normalized spacial score (nSPS) is 16.0. The van der Waals surface area contributed by atoms with E-state index in [1.807, 2.05) is 31.6 Å². The molecule has 0 spiro atoms. The van der Waals surface area contributed by atoms with Crippen LogP contribution in [0.3, 0.4) is 0 Å². The first-order valence-corrected chi connectivity index (χ1v) is 8.06. The molecular formula is C17H29N3O2. The number of carbonyl (C=O) groups is 2. The van der Waals surface area contributed by atoms with E-state index in [2.05, 4.69) is 24.2 Å². The second-order valence-electron chi connectivity index (χ2n) is 7.51. The maximum Gasteiger partial charge on any atom is 0.125 e. The topological polar surface area (TPSA) is 64.8 Å². The summed E-state index contributed by atoms with van der Waals surface area (Å²) in [6, 6.07) is 0. The molecule has 5 nitrogen and oxygen atoms in total. The minimum Gasteiger partial charge on any atom is -0.303 e. The summed E-state index contributed by atoms with van der Waals surface area (Å²) in [4.78, 5) is 21.7. The molecule has 0 bridgehead atoms. The summed E-state index contributed by atoms with van der Waals surface area (Å²) >= 11 is 0. The summed E-state index contributed by atoms with van der Waals surface area (Å²) in [5.74, 6) is 0.864. The fraction of sp³-hybridized carbons (Fsp3) is 0.765. The van der Waals surface area contributed by atoms with E-state index in [4.69, 9.17) is 0 Å². The van der Waals surface area contributed by atoms with Crippen LogP contribution in [0.2, 0.25) is 0 Å². The molecule has 0 aliphatic heterocycles. The van der Waals surface area contributed by atoms with Crippen LogP contribution < -0.4 is 0 Å². The predicted octanol–water partition coefficient (Wildman–Crippen LogP) is 2.93. The van der Waals surface area contributed by atoms with Crippen LogP contribution in [-0.4, -0.2) is 27.6 Å². The number of aromatic nitrogens is 3. The molecule has 1 heterocycles. The van der Waals surface area contributed by atoms with Crippen molar-refractivity contribution in [2.75, 3.05) is 0 Å². The third kappa shape index (κ3) is 6.50. The van der Waals surface area contributed by atoms with E-state index in [1.165, 1.54) is 0 Å². The Labute approximate surface area is 133 Å². The van der Waals surface area contributed by atoms with Crippen molar-refractivity contribution in [3.05, 3.63) is 11.9 Å². The number of aldehydes is 2. The molecule has 1 aromatic rings. The molecule has 0 saturated heterocycles. The summed E-state index contributed by atoms with van der Waals surface area (Å²) in [6.45, 7) is 10.9. The van der Waals surface area contributed by atoms with E-state index >= 15 is 0 Å². The maximum absolute atomic E-state index is 11.0. The maximum atomic E-state index is 11.0. The number of nitrogens with zero attached hydrogens (tertiary/aromatic N) is 3. The molecule has 22 heavy (non-hydrogen) atoms. The van der Waals surface area contributed by atoms with Crippen molar-refractivity contribution in [1.29, 1.82) is 0 Å². The monoisotopic (exact) mass is 307 g/mol. The van der Waals surface area contributed by atoms with Gasteiger partial charge in [-0.25, -0.2) is 0 Å². The first-order chi connectivity index (χ1) is 10.3. The highest BCUT2D eigenvalue weighted by Crippen LogP contribution is 2.24. The van der Waals surface area contributed by atoms with Crippen molar-refractivity contribution in [2.24, 2.45) is 23.2 Å². The zero-order valence-corrected chi connectivity index (χ0v) is 14.5. The zero-order chi connectivity index (χ0) is 16.8. The van der Waals surface area contributed by atoms with Crippen molar-refractivity contribution in [2.45, 2.75) is 60.4 Å². The Morgan fingerprint density at radius 1 is 1.23 bits per heavy atom. The highest BCUT2D eigenvalue weighted by molar-refractivity contribution is 5.57. The first kappa shape index (κ1) is 18.5. The molecule has 0 amide bonds. The van der Waals surface area contributed by atoms with E-state index < -0.39 is 0 Å². The van der Waals surface area contributed by atoms with E-state index in [1.54, 1.807) is 0 Å². The van der Waals surface area contributed by atoms with Crippen molar-refractivity contribution < 1.29 is 9.59 Å². The van der Waals surface area contributed by atoms with Gasteiger partial charge in [0.2, 0.25) is 0 Å². The third-order valence-electron chi connectivity index (χ3n) is 3.84. The fourth-order valence-electron chi connectivity index (χ4n) is 2.98. The lowest BCUT2D eigenvalue weighted by molar-refractivity contribution is -0.115. The Morgan fingerprint density at radius 3 is 2.50 bits per heavy atom. The molecular weight excluding hydrogens is 278 g/mol. The third-order valence-corrected chi connectivity index (χ3v) is 3.84. The molecule has 0 aliphatic carbocycles. The van der Waals surface area contributed by atoms with Crippen LogP contribution in [0.15, 0.2) is 6.20 Å². The van der Waals surface area contributed by atoms with Crippen LogP contribution >= 0.6 is 0 Å². The Morgan fingerprint density at radius 2 is 1.91 bits per heavy atom. The lowest BCUT2D eigenvalue weighted by atomic mass is 9.83. The largest absolute Gasteiger partial charge is 0.303 e. The van der Waals surface area contributed by atoms with Crippen LogP contribution in [0.5, 0.6) is 0 Å². The number of carbonyl (C=O) groups excluding carboxylic acids is 2. The standard InChI is InChI=1S/C17H29N3O2/c1-13(8-17(4,5)12-22)7-16-10-20(19-18-16)9-14(2)6-15(3)11-21/h10-15H,6-9H2,1-5H3. The van der Waals surface area contributed by atoms with Crippen LogP contribution in [0.4, 0.5) is 0 Å². The number of hydrogen-bond acceptors (Lipinski definition) is 4. The molecule has 0 radical (unpaired) electrons.